The minimum Gasteiger partial charge on any atom is -0.443 e. The van der Waals surface area contributed by atoms with Crippen LogP contribution in [0, 0.1) is 21.8 Å². The summed E-state index contributed by atoms with van der Waals surface area (Å²) in [5, 5.41) is 0.722. The third-order valence-electron chi connectivity index (χ3n) is 8.54. The second-order valence-electron chi connectivity index (χ2n) is 12.6. The molecule has 2 aromatic heterocycles. The lowest BCUT2D eigenvalue weighted by Gasteiger charge is -2.58. The number of rotatable bonds is 8. The van der Waals surface area contributed by atoms with E-state index in [1.54, 1.807) is 36.7 Å². The largest absolute Gasteiger partial charge is 0.443 e. The maximum absolute atomic E-state index is 13.4. The molecule has 2 fully saturated rings. The third-order valence-corrected chi connectivity index (χ3v) is 11.1. The first-order chi connectivity index (χ1) is 19.9. The molecule has 42 heavy (non-hydrogen) atoms. The van der Waals surface area contributed by atoms with E-state index in [0.717, 1.165) is 40.2 Å². The topological polar surface area (TPSA) is 94.4 Å². The van der Waals surface area contributed by atoms with Crippen molar-refractivity contribution in [2.45, 2.75) is 63.4 Å². The monoisotopic (exact) mass is 698 g/mol. The van der Waals surface area contributed by atoms with E-state index >= 15 is 0 Å². The second-order valence-corrected chi connectivity index (χ2v) is 15.5. The first kappa shape index (κ1) is 29.1. The quantitative estimate of drug-likeness (QED) is 0.198. The molecule has 4 aromatic rings. The van der Waals surface area contributed by atoms with Crippen molar-refractivity contribution in [2.75, 3.05) is 13.1 Å². The molecule has 1 saturated carbocycles. The van der Waals surface area contributed by atoms with Crippen molar-refractivity contribution < 1.29 is 17.9 Å². The standard InChI is InChI=1S/C32H35IN4O4S/c1-22-9-11-25(12-10-22)42(39,40)37-19-27(33)26-18-34-28(35-29(26)37)15-24-16-32(17-24)20-36(21-32)30(38)41-31(2,3)14-13-23-7-5-4-6-8-23/h4-12,18-19,24H,13-17,20-21H2,1-3H3. The van der Waals surface area contributed by atoms with Gasteiger partial charge in [0.05, 0.1) is 10.3 Å². The Morgan fingerprint density at radius 2 is 1.79 bits per heavy atom. The van der Waals surface area contributed by atoms with Gasteiger partial charge in [-0.3, -0.25) is 0 Å². The number of amides is 1. The molecule has 8 nitrogen and oxygen atoms in total. The fraction of sp³-hybridized carbons (Fsp3) is 0.406. The predicted octanol–water partition coefficient (Wildman–Crippen LogP) is 6.38. The zero-order chi connectivity index (χ0) is 29.7. The van der Waals surface area contributed by atoms with Crippen LogP contribution in [0.3, 0.4) is 0 Å². The third kappa shape index (κ3) is 5.79. The molecule has 1 amide bonds. The zero-order valence-corrected chi connectivity index (χ0v) is 27.1. The number of aromatic nitrogens is 3. The summed E-state index contributed by atoms with van der Waals surface area (Å²) in [5.41, 5.74) is 2.26. The number of hydrogen-bond acceptors (Lipinski definition) is 6. The van der Waals surface area contributed by atoms with Gasteiger partial charge in [-0.05, 0) is 92.7 Å². The Morgan fingerprint density at radius 3 is 2.48 bits per heavy atom. The maximum Gasteiger partial charge on any atom is 0.410 e. The van der Waals surface area contributed by atoms with Gasteiger partial charge in [0.1, 0.15) is 11.4 Å². The van der Waals surface area contributed by atoms with Gasteiger partial charge in [-0.2, -0.15) is 0 Å². The summed E-state index contributed by atoms with van der Waals surface area (Å²) in [6.07, 6.45) is 7.41. The van der Waals surface area contributed by atoms with Crippen molar-refractivity contribution in [1.82, 2.24) is 18.8 Å². The summed E-state index contributed by atoms with van der Waals surface area (Å²) in [5.74, 6) is 1.05. The van der Waals surface area contributed by atoms with E-state index < -0.39 is 15.6 Å². The van der Waals surface area contributed by atoms with Gasteiger partial charge in [0.2, 0.25) is 0 Å². The van der Waals surface area contributed by atoms with Gasteiger partial charge in [0.15, 0.2) is 5.65 Å². The lowest BCUT2D eigenvalue weighted by atomic mass is 9.57. The highest BCUT2D eigenvalue weighted by Gasteiger charge is 2.54. The minimum absolute atomic E-state index is 0.145. The fourth-order valence-corrected chi connectivity index (χ4v) is 8.41. The van der Waals surface area contributed by atoms with Crippen molar-refractivity contribution in [3.63, 3.8) is 0 Å². The average molecular weight is 699 g/mol. The molecule has 1 saturated heterocycles. The van der Waals surface area contributed by atoms with E-state index in [9.17, 15) is 13.2 Å². The van der Waals surface area contributed by atoms with Gasteiger partial charge in [0.25, 0.3) is 10.0 Å². The number of nitrogens with zero attached hydrogens (tertiary/aromatic N) is 4. The Labute approximate surface area is 260 Å². The van der Waals surface area contributed by atoms with E-state index in [2.05, 4.69) is 39.7 Å². The molecule has 1 aliphatic carbocycles. The van der Waals surface area contributed by atoms with Gasteiger partial charge in [-0.1, -0.05) is 48.0 Å². The van der Waals surface area contributed by atoms with Crippen LogP contribution in [0.1, 0.15) is 50.1 Å². The van der Waals surface area contributed by atoms with Crippen LogP contribution in [0.25, 0.3) is 11.0 Å². The summed E-state index contributed by atoms with van der Waals surface area (Å²) in [6.45, 7) is 7.31. The van der Waals surface area contributed by atoms with Crippen LogP contribution in [0.4, 0.5) is 4.79 Å². The molecule has 2 aromatic carbocycles. The molecule has 2 aliphatic rings. The zero-order valence-electron chi connectivity index (χ0n) is 24.1. The van der Waals surface area contributed by atoms with Crippen molar-refractivity contribution in [3.05, 3.63) is 87.5 Å². The highest BCUT2D eigenvalue weighted by molar-refractivity contribution is 14.1. The van der Waals surface area contributed by atoms with Crippen LogP contribution < -0.4 is 0 Å². The van der Waals surface area contributed by atoms with E-state index in [4.69, 9.17) is 9.72 Å². The predicted molar refractivity (Wildman–Crippen MR) is 170 cm³/mol. The number of carbonyl (C=O) groups is 1. The number of halogens is 1. The SMILES string of the molecule is Cc1ccc(S(=O)(=O)n2cc(I)c3cnc(CC4CC5(C4)CN(C(=O)OC(C)(C)CCc4ccccc4)C5)nc32)cc1. The summed E-state index contributed by atoms with van der Waals surface area (Å²) >= 11 is 2.13. The molecule has 10 heteroatoms. The Morgan fingerprint density at radius 1 is 1.10 bits per heavy atom. The molecule has 1 spiro atoms. The highest BCUT2D eigenvalue weighted by Crippen LogP contribution is 2.53. The molecule has 6 rings (SSSR count). The number of likely N-dealkylation sites (tertiary alicyclic amines) is 1. The van der Waals surface area contributed by atoms with Gasteiger partial charge in [0, 0.05) is 40.9 Å². The number of aryl methyl sites for hydroxylation is 2. The fourth-order valence-electron chi connectivity index (χ4n) is 6.24. The number of carbonyl (C=O) groups excluding carboxylic acids is 1. The number of ether oxygens (including phenoxy) is 1. The van der Waals surface area contributed by atoms with Crippen LogP contribution in [-0.2, 0) is 27.6 Å². The molecule has 0 radical (unpaired) electrons. The van der Waals surface area contributed by atoms with Gasteiger partial charge in [-0.15, -0.1) is 0 Å². The smallest absolute Gasteiger partial charge is 0.410 e. The first-order valence-corrected chi connectivity index (χ1v) is 16.8. The summed E-state index contributed by atoms with van der Waals surface area (Å²) in [6, 6.07) is 17.1. The normalized spacial score (nSPS) is 16.8. The lowest BCUT2D eigenvalue weighted by molar-refractivity contribution is -0.0976. The van der Waals surface area contributed by atoms with Crippen LogP contribution in [0.5, 0.6) is 0 Å². The molecular formula is C32H35IN4O4S. The average Bonchev–Trinajstić information content (AvgIpc) is 3.25. The van der Waals surface area contributed by atoms with Gasteiger partial charge >= 0.3 is 6.09 Å². The van der Waals surface area contributed by atoms with Crippen molar-refractivity contribution in [3.8, 4) is 0 Å². The van der Waals surface area contributed by atoms with Gasteiger partial charge in [-0.25, -0.2) is 27.2 Å². The van der Waals surface area contributed by atoms with Crippen molar-refractivity contribution >= 4 is 49.7 Å². The molecular weight excluding hydrogens is 663 g/mol. The van der Waals surface area contributed by atoms with E-state index in [-0.39, 0.29) is 16.4 Å². The second kappa shape index (κ2) is 10.9. The molecule has 220 valence electrons. The van der Waals surface area contributed by atoms with Crippen molar-refractivity contribution in [1.29, 1.82) is 0 Å². The van der Waals surface area contributed by atoms with Crippen LogP contribution in [0.2, 0.25) is 0 Å². The Hall–Kier alpha value is -2.99. The van der Waals surface area contributed by atoms with E-state index in [0.29, 0.717) is 36.9 Å². The Kier molecular flexibility index (Phi) is 7.57. The number of fused-ring (bicyclic) bond motifs is 1. The molecule has 1 aliphatic heterocycles. The molecule has 0 N–H and O–H groups in total. The molecule has 0 unspecified atom stereocenters. The number of hydrogen-bond donors (Lipinski definition) is 0. The summed E-state index contributed by atoms with van der Waals surface area (Å²) in [4.78, 5) is 24.2. The Balaban J connectivity index is 1.05. The summed E-state index contributed by atoms with van der Waals surface area (Å²) < 4.78 is 34.8. The molecule has 3 heterocycles. The highest BCUT2D eigenvalue weighted by atomic mass is 127. The number of benzene rings is 2. The first-order valence-electron chi connectivity index (χ1n) is 14.3. The molecule has 0 bridgehead atoms. The van der Waals surface area contributed by atoms with E-state index in [1.165, 1.54) is 9.54 Å². The van der Waals surface area contributed by atoms with E-state index in [1.807, 2.05) is 43.9 Å². The van der Waals surface area contributed by atoms with Gasteiger partial charge < -0.3 is 9.64 Å². The van der Waals surface area contributed by atoms with Crippen LogP contribution in [0.15, 0.2) is 71.9 Å². The van der Waals surface area contributed by atoms with Crippen LogP contribution in [-0.4, -0.2) is 52.0 Å². The molecule has 0 atom stereocenters. The van der Waals surface area contributed by atoms with Crippen LogP contribution >= 0.6 is 22.6 Å². The minimum atomic E-state index is -3.78. The lowest BCUT2D eigenvalue weighted by Crippen LogP contribution is -2.64. The Bertz CT molecular complexity index is 1720. The van der Waals surface area contributed by atoms with Crippen molar-refractivity contribution in [2.24, 2.45) is 11.3 Å². The maximum atomic E-state index is 13.4. The summed E-state index contributed by atoms with van der Waals surface area (Å²) in [7, 11) is -3.78.